The maximum Gasteiger partial charge on any atom is 0.317 e. The Morgan fingerprint density at radius 3 is 2.76 bits per heavy atom. The summed E-state index contributed by atoms with van der Waals surface area (Å²) in [5.74, 6) is 0. The van der Waals surface area contributed by atoms with E-state index >= 15 is 0 Å². The van der Waals surface area contributed by atoms with Crippen LogP contribution in [0.3, 0.4) is 0 Å². The fraction of sp³-hybridized carbons (Fsp3) is 0.562. The summed E-state index contributed by atoms with van der Waals surface area (Å²) >= 11 is 5.84. The van der Waals surface area contributed by atoms with E-state index in [4.69, 9.17) is 11.6 Å². The van der Waals surface area contributed by atoms with Gasteiger partial charge in [-0.2, -0.15) is 0 Å². The molecule has 0 spiro atoms. The number of aliphatic hydroxyl groups excluding tert-OH is 1. The van der Waals surface area contributed by atoms with E-state index in [9.17, 15) is 9.90 Å². The molecule has 5 heteroatoms. The highest BCUT2D eigenvalue weighted by Crippen LogP contribution is 2.32. The lowest BCUT2D eigenvalue weighted by molar-refractivity contribution is 0.0439. The van der Waals surface area contributed by atoms with Crippen molar-refractivity contribution in [2.75, 3.05) is 19.7 Å². The van der Waals surface area contributed by atoms with Crippen molar-refractivity contribution in [2.45, 2.75) is 32.7 Å². The predicted octanol–water partition coefficient (Wildman–Crippen LogP) is 3.03. The number of halogens is 1. The van der Waals surface area contributed by atoms with Gasteiger partial charge in [-0.25, -0.2) is 4.79 Å². The minimum atomic E-state index is -0.129. The first-order chi connectivity index (χ1) is 10.1. The number of urea groups is 1. The zero-order valence-electron chi connectivity index (χ0n) is 12.4. The largest absolute Gasteiger partial charge is 0.396 e. The van der Waals surface area contributed by atoms with Crippen LogP contribution < -0.4 is 5.32 Å². The third kappa shape index (κ3) is 4.11. The van der Waals surface area contributed by atoms with E-state index in [2.05, 4.69) is 12.2 Å². The smallest absolute Gasteiger partial charge is 0.317 e. The van der Waals surface area contributed by atoms with Gasteiger partial charge in [0.2, 0.25) is 0 Å². The van der Waals surface area contributed by atoms with E-state index in [1.807, 2.05) is 29.2 Å². The summed E-state index contributed by atoms with van der Waals surface area (Å²) in [5.41, 5.74) is 0.893. The highest BCUT2D eigenvalue weighted by molar-refractivity contribution is 6.30. The minimum Gasteiger partial charge on any atom is -0.396 e. The van der Waals surface area contributed by atoms with Crippen LogP contribution >= 0.6 is 11.6 Å². The van der Waals surface area contributed by atoms with Gasteiger partial charge < -0.3 is 15.3 Å². The minimum absolute atomic E-state index is 0.0593. The molecule has 1 saturated heterocycles. The summed E-state index contributed by atoms with van der Waals surface area (Å²) in [4.78, 5) is 14.1. The van der Waals surface area contributed by atoms with Gasteiger partial charge >= 0.3 is 6.03 Å². The molecule has 1 aromatic carbocycles. The molecule has 21 heavy (non-hydrogen) atoms. The van der Waals surface area contributed by atoms with Gasteiger partial charge in [-0.1, -0.05) is 30.7 Å². The first-order valence-corrected chi connectivity index (χ1v) is 7.84. The number of carbonyl (C=O) groups excluding carboxylic acids is 1. The van der Waals surface area contributed by atoms with Crippen molar-refractivity contribution < 1.29 is 9.90 Å². The van der Waals surface area contributed by atoms with Crippen molar-refractivity contribution in [1.29, 1.82) is 0 Å². The lowest BCUT2D eigenvalue weighted by Gasteiger charge is -2.41. The van der Waals surface area contributed by atoms with Gasteiger partial charge in [-0.05, 0) is 37.0 Å². The summed E-state index contributed by atoms with van der Waals surface area (Å²) in [5, 5.41) is 13.2. The molecule has 1 unspecified atom stereocenters. The molecule has 1 heterocycles. The Bertz CT molecular complexity index is 472. The number of likely N-dealkylation sites (tertiary alicyclic amines) is 1. The molecule has 0 radical (unpaired) electrons. The third-order valence-electron chi connectivity index (χ3n) is 4.39. The molecule has 0 saturated carbocycles. The molecule has 4 nitrogen and oxygen atoms in total. The molecule has 2 rings (SSSR count). The van der Waals surface area contributed by atoms with E-state index in [1.54, 1.807) is 0 Å². The second-order valence-electron chi connectivity index (χ2n) is 5.82. The lowest BCUT2D eigenvalue weighted by atomic mass is 9.78. The van der Waals surface area contributed by atoms with Gasteiger partial charge in [-0.3, -0.25) is 0 Å². The number of rotatable bonds is 4. The molecule has 1 atom stereocenters. The van der Waals surface area contributed by atoms with Crippen molar-refractivity contribution in [3.05, 3.63) is 34.9 Å². The summed E-state index contributed by atoms with van der Waals surface area (Å²) in [6.07, 6.45) is 2.83. The number of hydrogen-bond acceptors (Lipinski definition) is 2. The molecule has 1 fully saturated rings. The van der Waals surface area contributed by atoms with Gasteiger partial charge in [0.25, 0.3) is 0 Å². The second kappa shape index (κ2) is 7.14. The number of aliphatic hydroxyl groups is 1. The highest BCUT2D eigenvalue weighted by atomic mass is 35.5. The van der Waals surface area contributed by atoms with Crippen LogP contribution in [0.15, 0.2) is 24.3 Å². The Morgan fingerprint density at radius 2 is 2.14 bits per heavy atom. The number of piperidine rings is 1. The van der Waals surface area contributed by atoms with Crippen LogP contribution in [0.25, 0.3) is 0 Å². The quantitative estimate of drug-likeness (QED) is 0.898. The third-order valence-corrected chi connectivity index (χ3v) is 4.64. The second-order valence-corrected chi connectivity index (χ2v) is 6.26. The fourth-order valence-electron chi connectivity index (χ4n) is 2.80. The van der Waals surface area contributed by atoms with Gasteiger partial charge in [0.15, 0.2) is 0 Å². The number of nitrogens with one attached hydrogen (secondary N) is 1. The monoisotopic (exact) mass is 310 g/mol. The van der Waals surface area contributed by atoms with Crippen molar-refractivity contribution >= 4 is 17.6 Å². The Balaban J connectivity index is 1.89. The molecular formula is C16H23ClN2O2. The van der Waals surface area contributed by atoms with Crippen LogP contribution in [-0.4, -0.2) is 35.7 Å². The first-order valence-electron chi connectivity index (χ1n) is 7.47. The van der Waals surface area contributed by atoms with Gasteiger partial charge in [0.1, 0.15) is 0 Å². The Labute approximate surface area is 131 Å². The van der Waals surface area contributed by atoms with Crippen LogP contribution in [-0.2, 0) is 6.54 Å². The molecule has 2 N–H and O–H groups in total. The van der Waals surface area contributed by atoms with Crippen molar-refractivity contribution in [1.82, 2.24) is 10.2 Å². The highest BCUT2D eigenvalue weighted by Gasteiger charge is 2.35. The van der Waals surface area contributed by atoms with Crippen LogP contribution in [0, 0.1) is 5.41 Å². The van der Waals surface area contributed by atoms with Crippen LogP contribution in [0.1, 0.15) is 31.7 Å². The number of nitrogens with zero attached hydrogens (tertiary/aromatic N) is 1. The fourth-order valence-corrected chi connectivity index (χ4v) is 2.93. The van der Waals surface area contributed by atoms with E-state index in [-0.39, 0.29) is 18.1 Å². The summed E-state index contributed by atoms with van der Waals surface area (Å²) < 4.78 is 0. The Kier molecular flexibility index (Phi) is 5.48. The van der Waals surface area contributed by atoms with Gasteiger partial charge in [0.05, 0.1) is 6.61 Å². The summed E-state index contributed by atoms with van der Waals surface area (Å²) in [7, 11) is 0. The molecule has 0 aliphatic carbocycles. The van der Waals surface area contributed by atoms with E-state index in [1.165, 1.54) is 0 Å². The Hall–Kier alpha value is -1.26. The number of amides is 2. The molecule has 2 amide bonds. The normalized spacial score (nSPS) is 22.1. The van der Waals surface area contributed by atoms with Crippen molar-refractivity contribution in [2.24, 2.45) is 5.41 Å². The van der Waals surface area contributed by atoms with E-state index in [0.717, 1.165) is 31.4 Å². The average molecular weight is 311 g/mol. The lowest BCUT2D eigenvalue weighted by Crippen LogP contribution is -2.50. The molecule has 1 aliphatic rings. The number of carbonyl (C=O) groups is 1. The molecule has 1 aromatic rings. The zero-order chi connectivity index (χ0) is 15.3. The van der Waals surface area contributed by atoms with Gasteiger partial charge in [-0.15, -0.1) is 0 Å². The molecule has 0 aromatic heterocycles. The first kappa shape index (κ1) is 16.1. The molecule has 116 valence electrons. The zero-order valence-corrected chi connectivity index (χ0v) is 13.2. The van der Waals surface area contributed by atoms with Crippen molar-refractivity contribution in [3.8, 4) is 0 Å². The average Bonchev–Trinajstić information content (AvgIpc) is 2.54. The van der Waals surface area contributed by atoms with Gasteiger partial charge in [0, 0.05) is 30.1 Å². The topological polar surface area (TPSA) is 52.6 Å². The Morgan fingerprint density at radius 1 is 1.43 bits per heavy atom. The summed E-state index contributed by atoms with van der Waals surface area (Å²) in [6, 6.07) is 7.39. The summed E-state index contributed by atoms with van der Waals surface area (Å²) in [6.45, 7) is 4.10. The molecular weight excluding hydrogens is 288 g/mol. The maximum atomic E-state index is 12.3. The van der Waals surface area contributed by atoms with Crippen LogP contribution in [0.4, 0.5) is 4.79 Å². The number of hydrogen-bond donors (Lipinski definition) is 2. The standard InChI is InChI=1S/C16H23ClN2O2/c1-2-16(12-20)8-3-9-19(11-16)15(21)18-10-13-4-6-14(17)7-5-13/h4-7,20H,2-3,8-12H2,1H3,(H,18,21). The molecule has 1 aliphatic heterocycles. The van der Waals surface area contributed by atoms with E-state index < -0.39 is 0 Å². The number of benzene rings is 1. The van der Waals surface area contributed by atoms with Crippen molar-refractivity contribution in [3.63, 3.8) is 0 Å². The molecule has 0 bridgehead atoms. The van der Waals surface area contributed by atoms with E-state index in [0.29, 0.717) is 18.1 Å². The maximum absolute atomic E-state index is 12.3. The van der Waals surface area contributed by atoms with Crippen LogP contribution in [0.5, 0.6) is 0 Å². The SMILES string of the molecule is CCC1(CO)CCCN(C(=O)NCc2ccc(Cl)cc2)C1. The van der Waals surface area contributed by atoms with Crippen LogP contribution in [0.2, 0.25) is 5.02 Å². The predicted molar refractivity (Wildman–Crippen MR) is 84.3 cm³/mol.